The zero-order valence-electron chi connectivity index (χ0n) is 20.4. The van der Waals surface area contributed by atoms with Crippen LogP contribution < -0.4 is 4.74 Å². The first kappa shape index (κ1) is 24.9. The Bertz CT molecular complexity index is 1090. The highest BCUT2D eigenvalue weighted by atomic mass is 19.1. The third-order valence-corrected chi connectivity index (χ3v) is 7.04. The third-order valence-electron chi connectivity index (χ3n) is 7.04. The number of ether oxygens (including phenoxy) is 2. The van der Waals surface area contributed by atoms with Gasteiger partial charge in [-0.15, -0.1) is 5.10 Å². The molecule has 0 spiro atoms. The molecule has 2 aliphatic rings. The van der Waals surface area contributed by atoms with Gasteiger partial charge >= 0.3 is 12.1 Å². The SMILES string of the molecule is Cc1nc(-c2nnn(C)c2COC(=O)N(C)C2CCCC2)ccc1O[C@H]1CCC[C@@](F)(C(=O)O)C1. The summed E-state index contributed by atoms with van der Waals surface area (Å²) in [6, 6.07) is 3.64. The molecule has 1 N–H and O–H groups in total. The van der Waals surface area contributed by atoms with Crippen molar-refractivity contribution in [2.45, 2.75) is 82.7 Å². The second-order valence-electron chi connectivity index (χ2n) is 9.50. The maximum atomic E-state index is 14.6. The first-order valence-electron chi connectivity index (χ1n) is 12.0. The number of aromatic nitrogens is 4. The highest BCUT2D eigenvalue weighted by Gasteiger charge is 2.44. The number of nitrogens with zero attached hydrogens (tertiary/aromatic N) is 5. The summed E-state index contributed by atoms with van der Waals surface area (Å²) >= 11 is 0. The number of hydrogen-bond acceptors (Lipinski definition) is 7. The number of amides is 1. The number of alkyl halides is 1. The Labute approximate surface area is 203 Å². The van der Waals surface area contributed by atoms with Crippen LogP contribution in [0.3, 0.4) is 0 Å². The Hall–Kier alpha value is -3.24. The van der Waals surface area contributed by atoms with Crippen molar-refractivity contribution < 1.29 is 28.6 Å². The molecular weight excluding hydrogens is 457 g/mol. The molecule has 35 heavy (non-hydrogen) atoms. The van der Waals surface area contributed by atoms with Gasteiger partial charge < -0.3 is 19.5 Å². The number of carbonyl (C=O) groups is 2. The average Bonchev–Trinajstić information content (AvgIpc) is 3.48. The quantitative estimate of drug-likeness (QED) is 0.624. The number of hydrogen-bond donors (Lipinski definition) is 1. The molecule has 0 aromatic carbocycles. The van der Waals surface area contributed by atoms with Crippen molar-refractivity contribution in [1.29, 1.82) is 0 Å². The van der Waals surface area contributed by atoms with E-state index in [1.54, 1.807) is 42.7 Å². The molecule has 4 rings (SSSR count). The van der Waals surface area contributed by atoms with Crippen molar-refractivity contribution in [3.8, 4) is 17.1 Å². The van der Waals surface area contributed by atoms with Crippen LogP contribution in [0.4, 0.5) is 9.18 Å². The van der Waals surface area contributed by atoms with Crippen molar-refractivity contribution in [2.75, 3.05) is 7.05 Å². The van der Waals surface area contributed by atoms with Gasteiger partial charge in [0.15, 0.2) is 0 Å². The number of halogens is 1. The van der Waals surface area contributed by atoms with Crippen LogP contribution >= 0.6 is 0 Å². The second kappa shape index (κ2) is 10.2. The van der Waals surface area contributed by atoms with Gasteiger partial charge in [0.2, 0.25) is 5.67 Å². The second-order valence-corrected chi connectivity index (χ2v) is 9.50. The minimum Gasteiger partial charge on any atom is -0.488 e. The van der Waals surface area contributed by atoms with Crippen LogP contribution in [0.5, 0.6) is 5.75 Å². The molecule has 2 atom stereocenters. The maximum absolute atomic E-state index is 14.6. The van der Waals surface area contributed by atoms with Crippen molar-refractivity contribution in [1.82, 2.24) is 24.9 Å². The third kappa shape index (κ3) is 5.38. The summed E-state index contributed by atoms with van der Waals surface area (Å²) < 4.78 is 27.6. The molecule has 190 valence electrons. The number of rotatable bonds is 7. The van der Waals surface area contributed by atoms with Crippen LogP contribution in [0.2, 0.25) is 0 Å². The maximum Gasteiger partial charge on any atom is 0.410 e. The Kier molecular flexibility index (Phi) is 7.23. The largest absolute Gasteiger partial charge is 0.488 e. The van der Waals surface area contributed by atoms with Gasteiger partial charge in [0.1, 0.15) is 29.8 Å². The van der Waals surface area contributed by atoms with Crippen LogP contribution in [-0.2, 0) is 23.2 Å². The predicted octanol–water partition coefficient (Wildman–Crippen LogP) is 3.81. The van der Waals surface area contributed by atoms with E-state index < -0.39 is 17.7 Å². The standard InChI is InChI=1S/C24H32FN5O5/c1-15-20(35-17-9-6-12-24(25,13-17)22(31)32)11-10-18(26-15)21-19(30(3)28-27-21)14-34-23(33)29(2)16-7-4-5-8-16/h10-11,16-17H,4-9,12-14H2,1-3H3,(H,31,32)/t17-,24-/m0/s1. The molecule has 2 aromatic heterocycles. The summed E-state index contributed by atoms with van der Waals surface area (Å²) in [7, 11) is 3.49. The van der Waals surface area contributed by atoms with Gasteiger partial charge in [-0.05, 0) is 51.2 Å². The van der Waals surface area contributed by atoms with E-state index in [9.17, 15) is 19.1 Å². The average molecular weight is 490 g/mol. The van der Waals surface area contributed by atoms with Crippen LogP contribution in [0.1, 0.15) is 62.8 Å². The summed E-state index contributed by atoms with van der Waals surface area (Å²) in [4.78, 5) is 30.0. The lowest BCUT2D eigenvalue weighted by Crippen LogP contribution is -2.42. The molecular formula is C24H32FN5O5. The zero-order valence-corrected chi connectivity index (χ0v) is 20.4. The number of carboxylic acid groups (broad SMARTS) is 1. The molecule has 10 nitrogen and oxygen atoms in total. The van der Waals surface area contributed by atoms with E-state index in [4.69, 9.17) is 9.47 Å². The zero-order chi connectivity index (χ0) is 25.2. The first-order valence-corrected chi connectivity index (χ1v) is 12.0. The summed E-state index contributed by atoms with van der Waals surface area (Å²) in [5.41, 5.74) is -0.0730. The smallest absolute Gasteiger partial charge is 0.410 e. The highest BCUT2D eigenvalue weighted by molar-refractivity contribution is 5.77. The number of aryl methyl sites for hydroxylation is 2. The fourth-order valence-electron chi connectivity index (χ4n) is 4.86. The highest BCUT2D eigenvalue weighted by Crippen LogP contribution is 2.35. The van der Waals surface area contributed by atoms with Gasteiger partial charge in [0.05, 0.1) is 11.4 Å². The van der Waals surface area contributed by atoms with E-state index in [0.29, 0.717) is 41.4 Å². The molecule has 1 amide bonds. The van der Waals surface area contributed by atoms with Gasteiger partial charge in [-0.2, -0.15) is 0 Å². The number of aliphatic carboxylic acids is 1. The normalized spacial score (nSPS) is 22.7. The lowest BCUT2D eigenvalue weighted by atomic mass is 9.84. The molecule has 0 aliphatic heterocycles. The minimum atomic E-state index is -2.26. The van der Waals surface area contributed by atoms with E-state index in [1.807, 2.05) is 0 Å². The van der Waals surface area contributed by atoms with Gasteiger partial charge in [-0.25, -0.2) is 23.6 Å². The Balaban J connectivity index is 1.44. The molecule has 0 radical (unpaired) electrons. The topological polar surface area (TPSA) is 120 Å². The summed E-state index contributed by atoms with van der Waals surface area (Å²) in [6.07, 6.45) is 4.12. The monoisotopic (exact) mass is 489 g/mol. The lowest BCUT2D eigenvalue weighted by Gasteiger charge is -2.32. The number of pyridine rings is 1. The Morgan fingerprint density at radius 2 is 2.00 bits per heavy atom. The molecule has 2 aliphatic carbocycles. The number of carboxylic acids is 1. The summed E-state index contributed by atoms with van der Waals surface area (Å²) in [6.45, 7) is 1.76. The lowest BCUT2D eigenvalue weighted by molar-refractivity contribution is -0.155. The van der Waals surface area contributed by atoms with E-state index in [2.05, 4.69) is 15.3 Å². The van der Waals surface area contributed by atoms with Gasteiger partial charge in [-0.3, -0.25) is 0 Å². The van der Waals surface area contributed by atoms with Crippen molar-refractivity contribution >= 4 is 12.1 Å². The van der Waals surface area contributed by atoms with Crippen molar-refractivity contribution in [3.05, 3.63) is 23.5 Å². The molecule has 2 fully saturated rings. The van der Waals surface area contributed by atoms with E-state index >= 15 is 0 Å². The van der Waals surface area contributed by atoms with E-state index in [-0.39, 0.29) is 31.6 Å². The number of carbonyl (C=O) groups excluding carboxylic acids is 1. The van der Waals surface area contributed by atoms with Crippen LogP contribution in [-0.4, -0.2) is 66.9 Å². The molecule has 0 unspecified atom stereocenters. The molecule has 0 bridgehead atoms. The summed E-state index contributed by atoms with van der Waals surface area (Å²) in [5.74, 6) is -0.982. The van der Waals surface area contributed by atoms with Gasteiger partial charge in [0.25, 0.3) is 0 Å². The van der Waals surface area contributed by atoms with Crippen LogP contribution in [0.25, 0.3) is 11.4 Å². The van der Waals surface area contributed by atoms with E-state index in [1.165, 1.54) is 0 Å². The Morgan fingerprint density at radius 3 is 2.69 bits per heavy atom. The molecule has 2 heterocycles. The minimum absolute atomic E-state index is 0.00352. The fraction of sp³-hybridized carbons (Fsp3) is 0.625. The molecule has 11 heteroatoms. The van der Waals surface area contributed by atoms with Crippen molar-refractivity contribution in [2.24, 2.45) is 7.05 Å². The van der Waals surface area contributed by atoms with E-state index in [0.717, 1.165) is 25.7 Å². The van der Waals surface area contributed by atoms with Crippen LogP contribution in [0, 0.1) is 6.92 Å². The van der Waals surface area contributed by atoms with Gasteiger partial charge in [-0.1, -0.05) is 18.1 Å². The predicted molar refractivity (Wildman–Crippen MR) is 124 cm³/mol. The molecule has 2 aromatic rings. The van der Waals surface area contributed by atoms with Gasteiger partial charge in [0, 0.05) is 26.6 Å². The van der Waals surface area contributed by atoms with Crippen molar-refractivity contribution in [3.63, 3.8) is 0 Å². The Morgan fingerprint density at radius 1 is 1.26 bits per heavy atom. The first-order chi connectivity index (χ1) is 16.7. The van der Waals surface area contributed by atoms with Crippen LogP contribution in [0.15, 0.2) is 12.1 Å². The molecule has 0 saturated heterocycles. The molecule has 2 saturated carbocycles. The summed E-state index contributed by atoms with van der Waals surface area (Å²) in [5, 5.41) is 17.5. The fourth-order valence-corrected chi connectivity index (χ4v) is 4.86.